The van der Waals surface area contributed by atoms with Crippen molar-refractivity contribution in [1.29, 1.82) is 0 Å². The van der Waals surface area contributed by atoms with Crippen molar-refractivity contribution in [3.8, 4) is 0 Å². The van der Waals surface area contributed by atoms with E-state index in [0.29, 0.717) is 24.0 Å². The van der Waals surface area contributed by atoms with E-state index in [0.717, 1.165) is 11.1 Å². The van der Waals surface area contributed by atoms with E-state index in [-0.39, 0.29) is 11.6 Å². The topological polar surface area (TPSA) is 54.4 Å². The maximum absolute atomic E-state index is 12.9. The van der Waals surface area contributed by atoms with Crippen LogP contribution in [0.15, 0.2) is 42.5 Å². The van der Waals surface area contributed by atoms with Gasteiger partial charge in [-0.3, -0.25) is 9.59 Å². The highest BCUT2D eigenvalue weighted by molar-refractivity contribution is 6.09. The van der Waals surface area contributed by atoms with Crippen LogP contribution in [0.4, 0.5) is 4.39 Å². The second-order valence-corrected chi connectivity index (χ2v) is 5.26. The minimum atomic E-state index is -0.808. The second-order valence-electron chi connectivity index (χ2n) is 5.26. The number of fused-ring (bicyclic) bond motifs is 1. The van der Waals surface area contributed by atoms with Gasteiger partial charge in [0, 0.05) is 11.1 Å². The van der Waals surface area contributed by atoms with Crippen LogP contribution in [0.3, 0.4) is 0 Å². The number of hydrogen-bond acceptors (Lipinski definition) is 2. The first-order valence-corrected chi connectivity index (χ1v) is 6.69. The zero-order valence-electron chi connectivity index (χ0n) is 11.2. The predicted octanol–water partition coefficient (Wildman–Crippen LogP) is 2.86. The summed E-state index contributed by atoms with van der Waals surface area (Å²) in [5, 5.41) is 9.07. The van der Waals surface area contributed by atoms with Crippen LogP contribution < -0.4 is 0 Å². The lowest BCUT2D eigenvalue weighted by atomic mass is 9.99. The van der Waals surface area contributed by atoms with E-state index >= 15 is 0 Å². The van der Waals surface area contributed by atoms with E-state index in [1.807, 2.05) is 6.07 Å². The minimum Gasteiger partial charge on any atom is -0.481 e. The standard InChI is InChI=1S/C17H13FO3/c18-15-5-3-10(4-6-15)16(19)12-2-1-11-7-14(17(20)21)9-13(11)8-12/h1-6,8,14H,7,9H2,(H,20,21). The molecule has 3 nitrogen and oxygen atoms in total. The molecule has 4 heteroatoms. The van der Waals surface area contributed by atoms with Gasteiger partial charge in [-0.05, 0) is 54.3 Å². The molecular formula is C17H13FO3. The molecule has 0 radical (unpaired) electrons. The minimum absolute atomic E-state index is 0.184. The number of benzene rings is 2. The van der Waals surface area contributed by atoms with Gasteiger partial charge in [0.15, 0.2) is 5.78 Å². The van der Waals surface area contributed by atoms with Gasteiger partial charge in [-0.2, -0.15) is 0 Å². The summed E-state index contributed by atoms with van der Waals surface area (Å²) in [5.41, 5.74) is 2.82. The van der Waals surface area contributed by atoms with E-state index in [1.54, 1.807) is 12.1 Å². The molecule has 0 saturated heterocycles. The number of carboxylic acid groups (broad SMARTS) is 1. The van der Waals surface area contributed by atoms with Gasteiger partial charge in [-0.25, -0.2) is 4.39 Å². The Hall–Kier alpha value is -2.49. The zero-order chi connectivity index (χ0) is 15.0. The van der Waals surface area contributed by atoms with Gasteiger partial charge in [0.25, 0.3) is 0 Å². The largest absolute Gasteiger partial charge is 0.481 e. The molecule has 0 fully saturated rings. The van der Waals surface area contributed by atoms with Crippen molar-refractivity contribution in [1.82, 2.24) is 0 Å². The average Bonchev–Trinajstić information content (AvgIpc) is 2.90. The van der Waals surface area contributed by atoms with Gasteiger partial charge >= 0.3 is 5.97 Å². The van der Waals surface area contributed by atoms with Crippen LogP contribution in [-0.2, 0) is 17.6 Å². The van der Waals surface area contributed by atoms with Crippen molar-refractivity contribution in [2.75, 3.05) is 0 Å². The van der Waals surface area contributed by atoms with Crippen molar-refractivity contribution in [3.63, 3.8) is 0 Å². The fourth-order valence-electron chi connectivity index (χ4n) is 2.70. The van der Waals surface area contributed by atoms with E-state index < -0.39 is 11.9 Å². The maximum atomic E-state index is 12.9. The quantitative estimate of drug-likeness (QED) is 0.882. The van der Waals surface area contributed by atoms with Crippen LogP contribution in [0, 0.1) is 11.7 Å². The summed E-state index contributed by atoms with van der Waals surface area (Å²) < 4.78 is 12.9. The highest BCUT2D eigenvalue weighted by Crippen LogP contribution is 2.28. The number of rotatable bonds is 3. The Morgan fingerprint density at radius 3 is 2.24 bits per heavy atom. The van der Waals surface area contributed by atoms with Crippen LogP contribution in [0.1, 0.15) is 27.0 Å². The molecule has 2 aromatic carbocycles. The molecule has 2 aromatic rings. The van der Waals surface area contributed by atoms with Crippen molar-refractivity contribution in [2.45, 2.75) is 12.8 Å². The molecule has 106 valence electrons. The van der Waals surface area contributed by atoms with E-state index in [4.69, 9.17) is 5.11 Å². The zero-order valence-corrected chi connectivity index (χ0v) is 11.2. The number of carboxylic acids is 1. The van der Waals surface area contributed by atoms with Crippen molar-refractivity contribution in [3.05, 3.63) is 70.5 Å². The Kier molecular flexibility index (Phi) is 3.29. The smallest absolute Gasteiger partial charge is 0.307 e. The number of ketones is 1. The van der Waals surface area contributed by atoms with Crippen LogP contribution in [0.2, 0.25) is 0 Å². The molecule has 3 rings (SSSR count). The van der Waals surface area contributed by atoms with Crippen LogP contribution >= 0.6 is 0 Å². The number of carbonyl (C=O) groups excluding carboxylic acids is 1. The summed E-state index contributed by atoms with van der Waals surface area (Å²) in [6.07, 6.45) is 0.963. The number of carbonyl (C=O) groups is 2. The molecule has 1 N–H and O–H groups in total. The summed E-state index contributed by atoms with van der Waals surface area (Å²) in [7, 11) is 0. The molecular weight excluding hydrogens is 271 g/mol. The fourth-order valence-corrected chi connectivity index (χ4v) is 2.70. The molecule has 0 amide bonds. The lowest BCUT2D eigenvalue weighted by Gasteiger charge is -2.04. The Balaban J connectivity index is 1.88. The fraction of sp³-hybridized carbons (Fsp3) is 0.176. The lowest BCUT2D eigenvalue weighted by molar-refractivity contribution is -0.141. The normalized spacial score (nSPS) is 16.5. The Bertz CT molecular complexity index is 719. The molecule has 0 aliphatic heterocycles. The first kappa shape index (κ1) is 13.5. The van der Waals surface area contributed by atoms with Gasteiger partial charge in [0.05, 0.1) is 5.92 Å². The van der Waals surface area contributed by atoms with Gasteiger partial charge in [0.2, 0.25) is 0 Å². The Labute approximate surface area is 121 Å². The third-order valence-electron chi connectivity index (χ3n) is 3.86. The molecule has 0 heterocycles. The lowest BCUT2D eigenvalue weighted by Crippen LogP contribution is -2.12. The molecule has 1 atom stereocenters. The highest BCUT2D eigenvalue weighted by Gasteiger charge is 2.27. The average molecular weight is 284 g/mol. The van der Waals surface area contributed by atoms with Gasteiger partial charge in [-0.1, -0.05) is 12.1 Å². The SMILES string of the molecule is O=C(c1ccc(F)cc1)c1ccc2c(c1)CC(C(=O)O)C2. The number of hydrogen-bond donors (Lipinski definition) is 1. The Morgan fingerprint density at radius 1 is 0.952 bits per heavy atom. The van der Waals surface area contributed by atoms with Crippen molar-refractivity contribution >= 4 is 11.8 Å². The molecule has 0 aromatic heterocycles. The molecule has 1 aliphatic rings. The molecule has 1 aliphatic carbocycles. The summed E-state index contributed by atoms with van der Waals surface area (Å²) in [6.45, 7) is 0. The molecule has 1 unspecified atom stereocenters. The summed E-state index contributed by atoms with van der Waals surface area (Å²) in [6, 6.07) is 10.7. The molecule has 21 heavy (non-hydrogen) atoms. The third-order valence-corrected chi connectivity index (χ3v) is 3.86. The van der Waals surface area contributed by atoms with E-state index in [1.165, 1.54) is 24.3 Å². The van der Waals surface area contributed by atoms with Gasteiger partial charge < -0.3 is 5.11 Å². The van der Waals surface area contributed by atoms with Gasteiger partial charge in [0.1, 0.15) is 5.82 Å². The second kappa shape index (κ2) is 5.13. The van der Waals surface area contributed by atoms with E-state index in [9.17, 15) is 14.0 Å². The molecule has 0 saturated carbocycles. The summed E-state index contributed by atoms with van der Waals surface area (Å²) in [5.74, 6) is -1.78. The number of halogens is 1. The number of aliphatic carboxylic acids is 1. The highest BCUT2D eigenvalue weighted by atomic mass is 19.1. The van der Waals surface area contributed by atoms with Crippen LogP contribution in [0.5, 0.6) is 0 Å². The van der Waals surface area contributed by atoms with Crippen molar-refractivity contribution < 1.29 is 19.1 Å². The summed E-state index contributed by atoms with van der Waals surface area (Å²) in [4.78, 5) is 23.4. The predicted molar refractivity (Wildman–Crippen MR) is 74.8 cm³/mol. The van der Waals surface area contributed by atoms with Crippen LogP contribution in [0.25, 0.3) is 0 Å². The van der Waals surface area contributed by atoms with Crippen molar-refractivity contribution in [2.24, 2.45) is 5.92 Å². The van der Waals surface area contributed by atoms with Gasteiger partial charge in [-0.15, -0.1) is 0 Å². The van der Waals surface area contributed by atoms with Crippen LogP contribution in [-0.4, -0.2) is 16.9 Å². The molecule has 0 bridgehead atoms. The third kappa shape index (κ3) is 2.57. The maximum Gasteiger partial charge on any atom is 0.307 e. The van der Waals surface area contributed by atoms with E-state index in [2.05, 4.69) is 0 Å². The first-order valence-electron chi connectivity index (χ1n) is 6.69. The monoisotopic (exact) mass is 284 g/mol. The Morgan fingerprint density at radius 2 is 1.57 bits per heavy atom. The molecule has 0 spiro atoms. The summed E-state index contributed by atoms with van der Waals surface area (Å²) >= 11 is 0. The first-order chi connectivity index (χ1) is 10.0.